The molecule has 0 amide bonds. The monoisotopic (exact) mass is 255 g/mol. The number of aryl methyl sites for hydroxylation is 1. The summed E-state index contributed by atoms with van der Waals surface area (Å²) in [6.07, 6.45) is 2.84. The van der Waals surface area contributed by atoms with Crippen molar-refractivity contribution in [2.75, 3.05) is 6.61 Å². The second-order valence-electron chi connectivity index (χ2n) is 4.22. The predicted octanol–water partition coefficient (Wildman–Crippen LogP) is 3.30. The molecular weight excluding hydrogens is 238 g/mol. The van der Waals surface area contributed by atoms with E-state index < -0.39 is 0 Å². The van der Waals surface area contributed by atoms with E-state index in [4.69, 9.17) is 4.74 Å². The average molecular weight is 255 g/mol. The lowest BCUT2D eigenvalue weighted by Crippen LogP contribution is -2.03. The number of nitrogens with zero attached hydrogens (tertiary/aromatic N) is 1. The van der Waals surface area contributed by atoms with Gasteiger partial charge < -0.3 is 4.74 Å². The van der Waals surface area contributed by atoms with Crippen molar-refractivity contribution in [3.63, 3.8) is 0 Å². The van der Waals surface area contributed by atoms with E-state index in [2.05, 4.69) is 4.98 Å². The van der Waals surface area contributed by atoms with Crippen molar-refractivity contribution in [3.8, 4) is 5.75 Å². The minimum Gasteiger partial charge on any atom is -0.494 e. The molecule has 0 saturated carbocycles. The molecule has 2 aromatic rings. The first kappa shape index (κ1) is 13.3. The van der Waals surface area contributed by atoms with Gasteiger partial charge in [-0.3, -0.25) is 9.78 Å². The van der Waals surface area contributed by atoms with Crippen LogP contribution in [-0.4, -0.2) is 17.4 Å². The number of pyridine rings is 1. The number of rotatable bonds is 6. The summed E-state index contributed by atoms with van der Waals surface area (Å²) in [6.45, 7) is 2.62. The first-order valence-corrected chi connectivity index (χ1v) is 6.45. The third kappa shape index (κ3) is 3.91. The lowest BCUT2D eigenvalue weighted by atomic mass is 10.1. The molecular formula is C16H17NO2. The predicted molar refractivity (Wildman–Crippen MR) is 74.5 cm³/mol. The van der Waals surface area contributed by atoms with E-state index in [-0.39, 0.29) is 5.78 Å². The summed E-state index contributed by atoms with van der Waals surface area (Å²) in [6, 6.07) is 13.3. The topological polar surface area (TPSA) is 39.2 Å². The molecule has 1 aromatic carbocycles. The zero-order valence-electron chi connectivity index (χ0n) is 11.0. The zero-order valence-corrected chi connectivity index (χ0v) is 11.0. The number of hydrogen-bond acceptors (Lipinski definition) is 3. The Hall–Kier alpha value is -2.16. The smallest absolute Gasteiger partial charge is 0.181 e. The maximum Gasteiger partial charge on any atom is 0.181 e. The Morgan fingerprint density at radius 3 is 2.58 bits per heavy atom. The first-order chi connectivity index (χ1) is 9.29. The molecule has 0 unspecified atom stereocenters. The lowest BCUT2D eigenvalue weighted by Gasteiger charge is -2.04. The van der Waals surface area contributed by atoms with Crippen molar-refractivity contribution >= 4 is 5.78 Å². The van der Waals surface area contributed by atoms with Crippen LogP contribution in [0.15, 0.2) is 48.7 Å². The van der Waals surface area contributed by atoms with E-state index in [1.807, 2.05) is 43.3 Å². The third-order valence-electron chi connectivity index (χ3n) is 2.83. The van der Waals surface area contributed by atoms with E-state index in [9.17, 15) is 4.79 Å². The summed E-state index contributed by atoms with van der Waals surface area (Å²) in [7, 11) is 0. The Bertz CT molecular complexity index is 520. The molecule has 0 radical (unpaired) electrons. The van der Waals surface area contributed by atoms with Gasteiger partial charge >= 0.3 is 0 Å². The van der Waals surface area contributed by atoms with Crippen LogP contribution >= 0.6 is 0 Å². The quantitative estimate of drug-likeness (QED) is 0.743. The standard InChI is InChI=1S/C16H17NO2/c1-2-19-14-9-6-13(7-10-14)8-11-16(18)15-5-3-4-12-17-15/h3-7,9-10,12H,2,8,11H2,1H3. The second kappa shape index (κ2) is 6.69. The van der Waals surface area contributed by atoms with Crippen LogP contribution in [0, 0.1) is 0 Å². The number of carbonyl (C=O) groups excluding carboxylic acids is 1. The Morgan fingerprint density at radius 2 is 1.95 bits per heavy atom. The van der Waals surface area contributed by atoms with Crippen molar-refractivity contribution in [1.82, 2.24) is 4.98 Å². The first-order valence-electron chi connectivity index (χ1n) is 6.45. The molecule has 1 heterocycles. The number of ether oxygens (including phenoxy) is 1. The SMILES string of the molecule is CCOc1ccc(CCC(=O)c2ccccn2)cc1. The van der Waals surface area contributed by atoms with E-state index in [1.165, 1.54) is 0 Å². The number of Topliss-reactive ketones (excluding diaryl/α,β-unsaturated/α-hetero) is 1. The van der Waals surface area contributed by atoms with Gasteiger partial charge in [-0.15, -0.1) is 0 Å². The molecule has 0 atom stereocenters. The number of benzene rings is 1. The molecule has 98 valence electrons. The molecule has 0 spiro atoms. The minimum absolute atomic E-state index is 0.0782. The second-order valence-corrected chi connectivity index (χ2v) is 4.22. The molecule has 0 aliphatic heterocycles. The Labute approximate surface area is 113 Å². The van der Waals surface area contributed by atoms with Gasteiger partial charge in [0.2, 0.25) is 0 Å². The summed E-state index contributed by atoms with van der Waals surface area (Å²) in [4.78, 5) is 16.0. The van der Waals surface area contributed by atoms with Gasteiger partial charge in [-0.1, -0.05) is 18.2 Å². The highest BCUT2D eigenvalue weighted by atomic mass is 16.5. The molecule has 3 heteroatoms. The van der Waals surface area contributed by atoms with Crippen LogP contribution in [-0.2, 0) is 6.42 Å². The van der Waals surface area contributed by atoms with Gasteiger partial charge in [0, 0.05) is 12.6 Å². The summed E-state index contributed by atoms with van der Waals surface area (Å²) < 4.78 is 5.38. The van der Waals surface area contributed by atoms with E-state index in [0.29, 0.717) is 18.7 Å². The fraction of sp³-hybridized carbons (Fsp3) is 0.250. The van der Waals surface area contributed by atoms with E-state index in [1.54, 1.807) is 12.3 Å². The maximum atomic E-state index is 11.9. The fourth-order valence-corrected chi connectivity index (χ4v) is 1.83. The average Bonchev–Trinajstić information content (AvgIpc) is 2.47. The van der Waals surface area contributed by atoms with Crippen LogP contribution in [0.1, 0.15) is 29.4 Å². The van der Waals surface area contributed by atoms with E-state index in [0.717, 1.165) is 17.7 Å². The van der Waals surface area contributed by atoms with Crippen LogP contribution in [0.25, 0.3) is 0 Å². The molecule has 0 N–H and O–H groups in total. The Kier molecular flexibility index (Phi) is 4.67. The summed E-state index contributed by atoms with van der Waals surface area (Å²) in [5.74, 6) is 0.941. The normalized spacial score (nSPS) is 10.2. The van der Waals surface area contributed by atoms with E-state index >= 15 is 0 Å². The Morgan fingerprint density at radius 1 is 1.16 bits per heavy atom. The lowest BCUT2D eigenvalue weighted by molar-refractivity contribution is 0.0978. The van der Waals surface area contributed by atoms with Gasteiger partial charge in [-0.2, -0.15) is 0 Å². The van der Waals surface area contributed by atoms with Crippen LogP contribution in [0.5, 0.6) is 5.75 Å². The highest BCUT2D eigenvalue weighted by Gasteiger charge is 2.06. The number of hydrogen-bond donors (Lipinski definition) is 0. The van der Waals surface area contributed by atoms with Crippen molar-refractivity contribution < 1.29 is 9.53 Å². The van der Waals surface area contributed by atoms with Crippen molar-refractivity contribution in [3.05, 3.63) is 59.9 Å². The molecule has 0 fully saturated rings. The minimum atomic E-state index is 0.0782. The van der Waals surface area contributed by atoms with Gasteiger partial charge in [0.05, 0.1) is 6.61 Å². The number of aromatic nitrogens is 1. The highest BCUT2D eigenvalue weighted by Crippen LogP contribution is 2.14. The summed E-state index contributed by atoms with van der Waals surface area (Å²) in [5, 5.41) is 0. The third-order valence-corrected chi connectivity index (χ3v) is 2.83. The van der Waals surface area contributed by atoms with Gasteiger partial charge in [0.25, 0.3) is 0 Å². The van der Waals surface area contributed by atoms with Crippen molar-refractivity contribution in [1.29, 1.82) is 0 Å². The molecule has 1 aromatic heterocycles. The summed E-state index contributed by atoms with van der Waals surface area (Å²) in [5.41, 5.74) is 1.67. The maximum absolute atomic E-state index is 11.9. The Balaban J connectivity index is 1.90. The molecule has 0 aliphatic rings. The molecule has 0 bridgehead atoms. The molecule has 19 heavy (non-hydrogen) atoms. The van der Waals surface area contributed by atoms with Gasteiger partial charge in [0.15, 0.2) is 5.78 Å². The van der Waals surface area contributed by atoms with Crippen LogP contribution in [0.4, 0.5) is 0 Å². The fourth-order valence-electron chi connectivity index (χ4n) is 1.83. The molecule has 0 saturated heterocycles. The molecule has 0 aliphatic carbocycles. The molecule has 3 nitrogen and oxygen atoms in total. The van der Waals surface area contributed by atoms with Gasteiger partial charge in [-0.25, -0.2) is 0 Å². The van der Waals surface area contributed by atoms with Crippen LogP contribution < -0.4 is 4.74 Å². The summed E-state index contributed by atoms with van der Waals surface area (Å²) >= 11 is 0. The zero-order chi connectivity index (χ0) is 13.5. The highest BCUT2D eigenvalue weighted by molar-refractivity contribution is 5.94. The van der Waals surface area contributed by atoms with Gasteiger partial charge in [-0.05, 0) is 43.2 Å². The number of ketones is 1. The molecule has 2 rings (SSSR count). The van der Waals surface area contributed by atoms with Gasteiger partial charge in [0.1, 0.15) is 11.4 Å². The van der Waals surface area contributed by atoms with Crippen LogP contribution in [0.3, 0.4) is 0 Å². The van der Waals surface area contributed by atoms with Crippen LogP contribution in [0.2, 0.25) is 0 Å². The van der Waals surface area contributed by atoms with Crippen molar-refractivity contribution in [2.45, 2.75) is 19.8 Å². The largest absolute Gasteiger partial charge is 0.494 e. The van der Waals surface area contributed by atoms with Crippen molar-refractivity contribution in [2.24, 2.45) is 0 Å². The number of carbonyl (C=O) groups is 1.